The van der Waals surface area contributed by atoms with Gasteiger partial charge in [0, 0.05) is 0 Å². The molecule has 0 radical (unpaired) electrons. The highest BCUT2D eigenvalue weighted by Crippen LogP contribution is 2.18. The molecule has 0 aliphatic carbocycles. The Hall–Kier alpha value is -3.68. The zero-order valence-corrected chi connectivity index (χ0v) is 36.0. The Kier molecular flexibility index (Phi) is 30.1. The molecule has 2 aromatic carbocycles. The molecule has 316 valence electrons. The molecule has 0 saturated carbocycles. The molecule has 0 bridgehead atoms. The van der Waals surface area contributed by atoms with Crippen molar-refractivity contribution in [2.24, 2.45) is 0 Å². The van der Waals surface area contributed by atoms with Crippen molar-refractivity contribution in [3.8, 4) is 0 Å². The minimum atomic E-state index is -0.453. The fourth-order valence-corrected chi connectivity index (χ4v) is 6.26. The van der Waals surface area contributed by atoms with Crippen LogP contribution in [0.3, 0.4) is 0 Å². The maximum Gasteiger partial charge on any atom is 0.339 e. The fraction of sp³-hybridized carbons (Fsp3) is 0.667. The van der Waals surface area contributed by atoms with Gasteiger partial charge in [0.05, 0.1) is 47.7 Å². The average molecular weight is 781 g/mol. The van der Waals surface area contributed by atoms with Crippen LogP contribution in [0, 0.1) is 0 Å². The highest BCUT2D eigenvalue weighted by Gasteiger charge is 2.22. The lowest BCUT2D eigenvalue weighted by atomic mass is 10.1. The van der Waals surface area contributed by atoms with E-state index in [4.69, 9.17) is 18.9 Å². The predicted molar refractivity (Wildman–Crippen MR) is 227 cm³/mol. The summed E-state index contributed by atoms with van der Waals surface area (Å²) in [5.41, 5.74) is 1.15. The van der Waals surface area contributed by atoms with E-state index in [1.54, 1.807) is 48.5 Å². The first-order valence-corrected chi connectivity index (χ1v) is 22.1. The van der Waals surface area contributed by atoms with Crippen molar-refractivity contribution in [1.29, 1.82) is 0 Å². The number of hydrogen-bond acceptors (Lipinski definition) is 8. The van der Waals surface area contributed by atoms with E-state index in [2.05, 4.69) is 27.7 Å². The molecular weight excluding hydrogens is 705 g/mol. The molecule has 0 spiro atoms. The number of ether oxygens (including phenoxy) is 4. The molecule has 0 N–H and O–H groups in total. The third-order valence-electron chi connectivity index (χ3n) is 9.74. The van der Waals surface area contributed by atoms with Crippen LogP contribution in [0.4, 0.5) is 0 Å². The molecule has 0 aliphatic heterocycles. The van der Waals surface area contributed by atoms with Gasteiger partial charge in [-0.1, -0.05) is 155 Å². The minimum absolute atomic E-state index is 0.161. The van der Waals surface area contributed by atoms with E-state index in [9.17, 15) is 19.2 Å². The molecule has 2 rings (SSSR count). The Morgan fingerprint density at radius 2 is 0.661 bits per heavy atom. The van der Waals surface area contributed by atoms with Crippen molar-refractivity contribution in [2.75, 3.05) is 13.2 Å². The second-order valence-corrected chi connectivity index (χ2v) is 15.0. The first kappa shape index (κ1) is 50.3. The fourth-order valence-electron chi connectivity index (χ4n) is 6.26. The number of hydrogen-bond donors (Lipinski definition) is 0. The van der Waals surface area contributed by atoms with Crippen molar-refractivity contribution >= 4 is 23.9 Å². The van der Waals surface area contributed by atoms with Crippen LogP contribution in [0.2, 0.25) is 0 Å². The lowest BCUT2D eigenvalue weighted by molar-refractivity contribution is 0.0270. The van der Waals surface area contributed by atoms with Crippen LogP contribution in [-0.2, 0) is 18.9 Å². The van der Waals surface area contributed by atoms with Crippen LogP contribution in [0.5, 0.6) is 0 Å². The number of esters is 4. The molecule has 2 aromatic rings. The van der Waals surface area contributed by atoms with Gasteiger partial charge in [-0.2, -0.15) is 0 Å². The molecular formula is C48H76O8. The molecule has 0 heterocycles. The van der Waals surface area contributed by atoms with Gasteiger partial charge in [0.2, 0.25) is 0 Å². The van der Waals surface area contributed by atoms with Crippen molar-refractivity contribution in [3.05, 3.63) is 70.8 Å². The SMILES string of the molecule is CCCCCCC(C)OC(=O)c1ccccc1C(=O)OC(C)CCCCCC.CCCCCCCCOC(=O)c1ccccc1C(=O)OCCCCCCCC. The summed E-state index contributed by atoms with van der Waals surface area (Å²) in [7, 11) is 0. The second-order valence-electron chi connectivity index (χ2n) is 15.0. The molecule has 0 aromatic heterocycles. The summed E-state index contributed by atoms with van der Waals surface area (Å²) in [6.07, 6.45) is 24.1. The van der Waals surface area contributed by atoms with Crippen molar-refractivity contribution in [2.45, 2.75) is 195 Å². The van der Waals surface area contributed by atoms with E-state index < -0.39 is 23.9 Å². The molecule has 8 nitrogen and oxygen atoms in total. The normalized spacial score (nSPS) is 11.8. The van der Waals surface area contributed by atoms with E-state index in [-0.39, 0.29) is 23.3 Å². The van der Waals surface area contributed by atoms with Crippen LogP contribution in [-0.4, -0.2) is 49.3 Å². The van der Waals surface area contributed by atoms with Gasteiger partial charge in [-0.15, -0.1) is 0 Å². The Bertz CT molecular complexity index is 1240. The summed E-state index contributed by atoms with van der Waals surface area (Å²) in [6, 6.07) is 13.5. The summed E-state index contributed by atoms with van der Waals surface area (Å²) in [5.74, 6) is -1.79. The van der Waals surface area contributed by atoms with Gasteiger partial charge in [-0.05, 0) is 76.6 Å². The monoisotopic (exact) mass is 781 g/mol. The van der Waals surface area contributed by atoms with E-state index in [1.807, 2.05) is 13.8 Å². The highest BCUT2D eigenvalue weighted by molar-refractivity contribution is 6.03. The summed E-state index contributed by atoms with van der Waals surface area (Å²) in [5, 5.41) is 0. The van der Waals surface area contributed by atoms with Crippen LogP contribution < -0.4 is 0 Å². The predicted octanol–water partition coefficient (Wildman–Crippen LogP) is 13.4. The molecule has 8 heteroatoms. The number of unbranched alkanes of at least 4 members (excludes halogenated alkanes) is 16. The summed E-state index contributed by atoms with van der Waals surface area (Å²) in [6.45, 7) is 13.3. The summed E-state index contributed by atoms with van der Waals surface area (Å²) >= 11 is 0. The van der Waals surface area contributed by atoms with Crippen LogP contribution in [0.25, 0.3) is 0 Å². The molecule has 0 aliphatic rings. The Morgan fingerprint density at radius 1 is 0.393 bits per heavy atom. The minimum Gasteiger partial charge on any atom is -0.462 e. The van der Waals surface area contributed by atoms with Gasteiger partial charge in [0.1, 0.15) is 0 Å². The Balaban J connectivity index is 0.000000560. The van der Waals surface area contributed by atoms with Gasteiger partial charge < -0.3 is 18.9 Å². The van der Waals surface area contributed by atoms with Gasteiger partial charge in [-0.3, -0.25) is 0 Å². The zero-order valence-electron chi connectivity index (χ0n) is 36.0. The first-order chi connectivity index (χ1) is 27.2. The number of carbonyl (C=O) groups excluding carboxylic acids is 4. The lowest BCUT2D eigenvalue weighted by Crippen LogP contribution is -2.20. The molecule has 0 amide bonds. The standard InChI is InChI=1S/2C24H38O4/c1-5-7-9-11-15-19(3)27-23(25)21-17-13-14-18-22(21)24(26)28-20(4)16-12-10-8-6-2;1-3-5-7-9-11-15-19-27-23(25)21-17-13-14-18-22(21)24(26)28-20-16-12-10-8-6-4-2/h13-14,17-20H,5-12,15-16H2,1-4H3;13-14,17-18H,3-12,15-16,19-20H2,1-2H3. The van der Waals surface area contributed by atoms with Crippen molar-refractivity contribution in [1.82, 2.24) is 0 Å². The third kappa shape index (κ3) is 23.4. The summed E-state index contributed by atoms with van der Waals surface area (Å²) in [4.78, 5) is 49.8. The average Bonchev–Trinajstić information content (AvgIpc) is 3.20. The molecule has 0 fully saturated rings. The molecule has 2 atom stereocenters. The third-order valence-corrected chi connectivity index (χ3v) is 9.74. The van der Waals surface area contributed by atoms with Crippen LogP contribution in [0.1, 0.15) is 224 Å². The Labute approximate surface area is 340 Å². The van der Waals surface area contributed by atoms with E-state index >= 15 is 0 Å². The summed E-state index contributed by atoms with van der Waals surface area (Å²) < 4.78 is 21.8. The quantitative estimate of drug-likeness (QED) is 0.0438. The van der Waals surface area contributed by atoms with E-state index in [0.29, 0.717) is 24.3 Å². The molecule has 56 heavy (non-hydrogen) atoms. The van der Waals surface area contributed by atoms with Crippen LogP contribution >= 0.6 is 0 Å². The largest absolute Gasteiger partial charge is 0.462 e. The zero-order chi connectivity index (χ0) is 41.2. The van der Waals surface area contributed by atoms with Gasteiger partial charge in [0.15, 0.2) is 0 Å². The first-order valence-electron chi connectivity index (χ1n) is 22.1. The topological polar surface area (TPSA) is 105 Å². The maximum absolute atomic E-state index is 12.6. The number of carbonyl (C=O) groups is 4. The highest BCUT2D eigenvalue weighted by atomic mass is 16.6. The number of rotatable bonds is 30. The van der Waals surface area contributed by atoms with Crippen molar-refractivity contribution < 1.29 is 38.1 Å². The van der Waals surface area contributed by atoms with Gasteiger partial charge in [0.25, 0.3) is 0 Å². The van der Waals surface area contributed by atoms with Gasteiger partial charge >= 0.3 is 23.9 Å². The molecule has 2 unspecified atom stereocenters. The van der Waals surface area contributed by atoms with Crippen molar-refractivity contribution in [3.63, 3.8) is 0 Å². The maximum atomic E-state index is 12.6. The van der Waals surface area contributed by atoms with E-state index in [1.165, 1.54) is 77.0 Å². The van der Waals surface area contributed by atoms with Crippen LogP contribution in [0.15, 0.2) is 48.5 Å². The Morgan fingerprint density at radius 3 is 0.982 bits per heavy atom. The molecule has 0 saturated heterocycles. The van der Waals surface area contributed by atoms with E-state index in [0.717, 1.165) is 64.2 Å². The smallest absolute Gasteiger partial charge is 0.339 e. The van der Waals surface area contributed by atoms with Gasteiger partial charge in [-0.25, -0.2) is 19.2 Å². The number of benzene rings is 2. The second kappa shape index (κ2) is 33.5. The lowest BCUT2D eigenvalue weighted by Gasteiger charge is -2.16.